The summed E-state index contributed by atoms with van der Waals surface area (Å²) in [7, 11) is 3.82. The molecule has 0 fully saturated rings. The molecule has 5 nitrogen and oxygen atoms in total. The lowest BCUT2D eigenvalue weighted by Crippen LogP contribution is -2.21. The third-order valence-corrected chi connectivity index (χ3v) is 4.17. The van der Waals surface area contributed by atoms with E-state index >= 15 is 0 Å². The SMILES string of the molecule is CC/C(N)=C(/C(C)=O)c1[nH]c2ccc(C)cc2c1C(O)CN(C)C. The van der Waals surface area contributed by atoms with Crippen LogP contribution in [0, 0.1) is 6.92 Å². The molecule has 1 heterocycles. The number of ketones is 1. The van der Waals surface area contributed by atoms with Crippen LogP contribution in [-0.2, 0) is 4.79 Å². The van der Waals surface area contributed by atoms with Crippen molar-refractivity contribution in [1.82, 2.24) is 9.88 Å². The van der Waals surface area contributed by atoms with Crippen LogP contribution in [0.4, 0.5) is 0 Å². The fourth-order valence-electron chi connectivity index (χ4n) is 3.05. The summed E-state index contributed by atoms with van der Waals surface area (Å²) in [5.41, 5.74) is 10.5. The number of hydrogen-bond acceptors (Lipinski definition) is 4. The minimum absolute atomic E-state index is 0.101. The van der Waals surface area contributed by atoms with Gasteiger partial charge in [-0.25, -0.2) is 0 Å². The molecule has 0 spiro atoms. The van der Waals surface area contributed by atoms with E-state index in [1.165, 1.54) is 6.92 Å². The summed E-state index contributed by atoms with van der Waals surface area (Å²) in [4.78, 5) is 17.5. The quantitative estimate of drug-likeness (QED) is 0.712. The van der Waals surface area contributed by atoms with Crippen molar-refractivity contribution in [1.29, 1.82) is 0 Å². The largest absolute Gasteiger partial charge is 0.401 e. The number of nitrogens with two attached hydrogens (primary N) is 1. The Morgan fingerprint density at radius 2 is 2.04 bits per heavy atom. The lowest BCUT2D eigenvalue weighted by atomic mass is 9.96. The zero-order chi connectivity index (χ0) is 18.0. The minimum atomic E-state index is -0.718. The Hall–Kier alpha value is -2.11. The number of allylic oxidation sites excluding steroid dienone is 2. The molecule has 24 heavy (non-hydrogen) atoms. The molecular formula is C19H27N3O2. The van der Waals surface area contributed by atoms with Crippen molar-refractivity contribution in [2.24, 2.45) is 5.73 Å². The van der Waals surface area contributed by atoms with Crippen LogP contribution in [0.15, 0.2) is 23.9 Å². The number of aromatic amines is 1. The van der Waals surface area contributed by atoms with E-state index in [4.69, 9.17) is 5.73 Å². The number of hydrogen-bond donors (Lipinski definition) is 3. The number of rotatable bonds is 6. The molecule has 2 aromatic rings. The van der Waals surface area contributed by atoms with Gasteiger partial charge in [0, 0.05) is 28.7 Å². The van der Waals surface area contributed by atoms with Gasteiger partial charge in [-0.05, 0) is 46.5 Å². The van der Waals surface area contributed by atoms with E-state index in [1.807, 2.05) is 51.0 Å². The number of carbonyl (C=O) groups excluding carboxylic acids is 1. The first kappa shape index (κ1) is 18.2. The molecule has 0 aliphatic rings. The second kappa shape index (κ2) is 7.20. The number of likely N-dealkylation sites (N-methyl/N-ethyl adjacent to an activating group) is 1. The summed E-state index contributed by atoms with van der Waals surface area (Å²) in [5.74, 6) is -0.101. The van der Waals surface area contributed by atoms with Gasteiger partial charge in [-0.3, -0.25) is 4.79 Å². The zero-order valence-corrected chi connectivity index (χ0v) is 15.1. The molecule has 1 aromatic heterocycles. The molecule has 1 unspecified atom stereocenters. The number of fused-ring (bicyclic) bond motifs is 1. The van der Waals surface area contributed by atoms with Crippen molar-refractivity contribution < 1.29 is 9.90 Å². The number of carbonyl (C=O) groups is 1. The zero-order valence-electron chi connectivity index (χ0n) is 15.1. The van der Waals surface area contributed by atoms with E-state index in [9.17, 15) is 9.90 Å². The average molecular weight is 329 g/mol. The Labute approximate surface area is 143 Å². The van der Waals surface area contributed by atoms with Gasteiger partial charge in [-0.1, -0.05) is 18.6 Å². The summed E-state index contributed by atoms with van der Waals surface area (Å²) in [6.45, 7) is 5.90. The van der Waals surface area contributed by atoms with Gasteiger partial charge in [0.05, 0.1) is 17.4 Å². The van der Waals surface area contributed by atoms with Crippen molar-refractivity contribution in [3.63, 3.8) is 0 Å². The first-order valence-electron chi connectivity index (χ1n) is 8.21. The highest BCUT2D eigenvalue weighted by atomic mass is 16.3. The molecule has 0 aliphatic carbocycles. The Balaban J connectivity index is 2.79. The van der Waals surface area contributed by atoms with E-state index in [0.717, 1.165) is 22.0 Å². The molecule has 0 amide bonds. The van der Waals surface area contributed by atoms with Crippen LogP contribution in [-0.4, -0.2) is 41.4 Å². The van der Waals surface area contributed by atoms with Crippen molar-refractivity contribution in [3.05, 3.63) is 40.7 Å². The molecule has 1 aromatic carbocycles. The van der Waals surface area contributed by atoms with Gasteiger partial charge in [0.1, 0.15) is 0 Å². The van der Waals surface area contributed by atoms with Gasteiger partial charge in [0.2, 0.25) is 0 Å². The highest BCUT2D eigenvalue weighted by molar-refractivity contribution is 6.21. The molecular weight excluding hydrogens is 302 g/mol. The predicted molar refractivity (Wildman–Crippen MR) is 98.6 cm³/mol. The number of nitrogens with one attached hydrogen (secondary N) is 1. The highest BCUT2D eigenvalue weighted by Crippen LogP contribution is 2.34. The maximum absolute atomic E-state index is 12.2. The Bertz CT molecular complexity index is 787. The molecule has 0 saturated heterocycles. The molecule has 0 aliphatic heterocycles. The van der Waals surface area contributed by atoms with E-state index in [2.05, 4.69) is 4.98 Å². The summed E-state index contributed by atoms with van der Waals surface area (Å²) >= 11 is 0. The van der Waals surface area contributed by atoms with Gasteiger partial charge in [-0.15, -0.1) is 0 Å². The minimum Gasteiger partial charge on any atom is -0.401 e. The summed E-state index contributed by atoms with van der Waals surface area (Å²) < 4.78 is 0. The van der Waals surface area contributed by atoms with E-state index in [-0.39, 0.29) is 5.78 Å². The number of aliphatic hydroxyl groups excluding tert-OH is 1. The third kappa shape index (κ3) is 3.52. The number of aromatic nitrogens is 1. The van der Waals surface area contributed by atoms with E-state index in [1.54, 1.807) is 0 Å². The molecule has 2 rings (SSSR count). The number of aryl methyl sites for hydroxylation is 1. The monoisotopic (exact) mass is 329 g/mol. The lowest BCUT2D eigenvalue weighted by molar-refractivity contribution is -0.111. The molecule has 130 valence electrons. The number of H-pyrrole nitrogens is 1. The fourth-order valence-corrected chi connectivity index (χ4v) is 3.05. The van der Waals surface area contributed by atoms with Crippen molar-refractivity contribution >= 4 is 22.3 Å². The number of benzene rings is 1. The number of nitrogens with zero attached hydrogens (tertiary/aromatic N) is 1. The first-order chi connectivity index (χ1) is 11.3. The van der Waals surface area contributed by atoms with Gasteiger partial charge >= 0.3 is 0 Å². The maximum Gasteiger partial charge on any atom is 0.163 e. The number of Topliss-reactive ketones (excluding diaryl/α,β-unsaturated/α-hetero) is 1. The van der Waals surface area contributed by atoms with E-state index in [0.29, 0.717) is 29.9 Å². The van der Waals surface area contributed by atoms with Gasteiger partial charge < -0.3 is 20.7 Å². The van der Waals surface area contributed by atoms with Crippen molar-refractivity contribution in [2.45, 2.75) is 33.3 Å². The van der Waals surface area contributed by atoms with Crippen LogP contribution >= 0.6 is 0 Å². The molecule has 0 radical (unpaired) electrons. The standard InChI is InChI=1S/C19H27N3O2/c1-6-14(20)17(12(3)23)19-18(16(24)10-22(4)5)13-9-11(2)7-8-15(13)21-19/h7-9,16,21,24H,6,10,20H2,1-5H3/b17-14+. The van der Waals surface area contributed by atoms with Crippen LogP contribution in [0.5, 0.6) is 0 Å². The van der Waals surface area contributed by atoms with Crippen LogP contribution in [0.3, 0.4) is 0 Å². The van der Waals surface area contributed by atoms with Crippen molar-refractivity contribution in [3.8, 4) is 0 Å². The molecule has 1 atom stereocenters. The highest BCUT2D eigenvalue weighted by Gasteiger charge is 2.25. The van der Waals surface area contributed by atoms with Crippen LogP contribution < -0.4 is 5.73 Å². The lowest BCUT2D eigenvalue weighted by Gasteiger charge is -2.18. The fraction of sp³-hybridized carbons (Fsp3) is 0.421. The average Bonchev–Trinajstić information content (AvgIpc) is 2.83. The van der Waals surface area contributed by atoms with Gasteiger partial charge in [0.25, 0.3) is 0 Å². The topological polar surface area (TPSA) is 82.3 Å². The molecule has 4 N–H and O–H groups in total. The number of aliphatic hydroxyl groups is 1. The summed E-state index contributed by atoms with van der Waals surface area (Å²) in [5, 5.41) is 11.7. The van der Waals surface area contributed by atoms with Gasteiger partial charge in [0.15, 0.2) is 5.78 Å². The predicted octanol–water partition coefficient (Wildman–Crippen LogP) is 2.74. The Morgan fingerprint density at radius 3 is 2.58 bits per heavy atom. The van der Waals surface area contributed by atoms with Crippen LogP contribution in [0.2, 0.25) is 0 Å². The third-order valence-electron chi connectivity index (χ3n) is 4.17. The molecule has 0 bridgehead atoms. The second-order valence-electron chi connectivity index (χ2n) is 6.55. The smallest absolute Gasteiger partial charge is 0.163 e. The normalized spacial score (nSPS) is 14.1. The molecule has 0 saturated carbocycles. The Kier molecular flexibility index (Phi) is 5.47. The first-order valence-corrected chi connectivity index (χ1v) is 8.21. The van der Waals surface area contributed by atoms with Crippen molar-refractivity contribution in [2.75, 3.05) is 20.6 Å². The maximum atomic E-state index is 12.2. The summed E-state index contributed by atoms with van der Waals surface area (Å²) in [6.07, 6.45) is -0.142. The second-order valence-corrected chi connectivity index (χ2v) is 6.55. The van der Waals surface area contributed by atoms with Crippen LogP contribution in [0.1, 0.15) is 43.2 Å². The molecule has 5 heteroatoms. The van der Waals surface area contributed by atoms with Gasteiger partial charge in [-0.2, -0.15) is 0 Å². The summed E-state index contributed by atoms with van der Waals surface area (Å²) in [6, 6.07) is 6.01. The van der Waals surface area contributed by atoms with Crippen LogP contribution in [0.25, 0.3) is 16.5 Å². The van der Waals surface area contributed by atoms with E-state index < -0.39 is 6.10 Å². The Morgan fingerprint density at radius 1 is 1.38 bits per heavy atom.